The molecule has 1 atom stereocenters. The van der Waals surface area contributed by atoms with Gasteiger partial charge >= 0.3 is 5.97 Å². The van der Waals surface area contributed by atoms with Crippen LogP contribution in [0.4, 0.5) is 5.69 Å². The first-order valence-corrected chi connectivity index (χ1v) is 5.97. The largest absolute Gasteiger partial charge is 0.480 e. The molecule has 0 spiro atoms. The van der Waals surface area contributed by atoms with Crippen molar-refractivity contribution in [2.45, 2.75) is 12.5 Å². The first-order chi connectivity index (χ1) is 8.81. The average molecular weight is 330 g/mol. The molecule has 0 aliphatic rings. The number of carbonyl (C=O) groups excluding carboxylic acids is 2. The van der Waals surface area contributed by atoms with Crippen LogP contribution in [0.5, 0.6) is 0 Å². The number of primary amides is 1. The summed E-state index contributed by atoms with van der Waals surface area (Å²) in [5, 5.41) is 11.1. The SMILES string of the molecule is NC(=O)C[C@H](NC(=O)c1ccc(Br)cc1N)C(=O)O. The van der Waals surface area contributed by atoms with Crippen LogP contribution in [0, 0.1) is 0 Å². The molecule has 0 bridgehead atoms. The molecule has 8 heteroatoms. The molecule has 2 amide bonds. The van der Waals surface area contributed by atoms with E-state index in [1.165, 1.54) is 12.1 Å². The molecule has 0 aromatic heterocycles. The number of hydrogen-bond acceptors (Lipinski definition) is 4. The van der Waals surface area contributed by atoms with Gasteiger partial charge in [0.2, 0.25) is 5.91 Å². The third kappa shape index (κ3) is 4.25. The molecule has 0 unspecified atom stereocenters. The van der Waals surface area contributed by atoms with E-state index in [4.69, 9.17) is 16.6 Å². The summed E-state index contributed by atoms with van der Waals surface area (Å²) in [5.41, 5.74) is 10.9. The fourth-order valence-corrected chi connectivity index (χ4v) is 1.76. The van der Waals surface area contributed by atoms with Crippen molar-refractivity contribution >= 4 is 39.4 Å². The molecule has 7 nitrogen and oxygen atoms in total. The number of amides is 2. The van der Waals surface area contributed by atoms with Crippen molar-refractivity contribution in [3.63, 3.8) is 0 Å². The van der Waals surface area contributed by atoms with Gasteiger partial charge in [0.1, 0.15) is 6.04 Å². The number of rotatable bonds is 5. The molecule has 1 aromatic rings. The van der Waals surface area contributed by atoms with E-state index in [0.29, 0.717) is 4.47 Å². The van der Waals surface area contributed by atoms with Crippen molar-refractivity contribution in [3.8, 4) is 0 Å². The zero-order chi connectivity index (χ0) is 14.6. The number of aliphatic carboxylic acids is 1. The highest BCUT2D eigenvalue weighted by molar-refractivity contribution is 9.10. The predicted octanol–water partition coefficient (Wildman–Crippen LogP) is 0.0897. The molecule has 0 aliphatic carbocycles. The monoisotopic (exact) mass is 329 g/mol. The minimum Gasteiger partial charge on any atom is -0.480 e. The van der Waals surface area contributed by atoms with Gasteiger partial charge in [-0.1, -0.05) is 15.9 Å². The number of carboxylic acids is 1. The second-order valence-electron chi connectivity index (χ2n) is 3.77. The van der Waals surface area contributed by atoms with Gasteiger partial charge in [0, 0.05) is 10.2 Å². The standard InChI is InChI=1S/C11H12BrN3O4/c12-5-1-2-6(7(13)3-5)10(17)15-8(11(18)19)4-9(14)16/h1-3,8H,4,13H2,(H2,14,16)(H,15,17)(H,18,19)/t8-/m0/s1. The highest BCUT2D eigenvalue weighted by Gasteiger charge is 2.23. The maximum Gasteiger partial charge on any atom is 0.326 e. The molecule has 0 aliphatic heterocycles. The van der Waals surface area contributed by atoms with E-state index in [2.05, 4.69) is 21.2 Å². The molecule has 0 fully saturated rings. The number of halogens is 1. The molecular weight excluding hydrogens is 318 g/mol. The van der Waals surface area contributed by atoms with E-state index in [1.54, 1.807) is 6.07 Å². The van der Waals surface area contributed by atoms with Gasteiger partial charge in [-0.3, -0.25) is 9.59 Å². The summed E-state index contributed by atoms with van der Waals surface area (Å²) < 4.78 is 0.688. The third-order valence-electron chi connectivity index (χ3n) is 2.27. The lowest BCUT2D eigenvalue weighted by Crippen LogP contribution is -2.43. The molecule has 102 valence electrons. The summed E-state index contributed by atoms with van der Waals surface area (Å²) in [6.07, 6.45) is -0.489. The summed E-state index contributed by atoms with van der Waals surface area (Å²) in [4.78, 5) is 33.5. The second-order valence-corrected chi connectivity index (χ2v) is 4.68. The van der Waals surface area contributed by atoms with Crippen LogP contribution in [-0.4, -0.2) is 28.9 Å². The van der Waals surface area contributed by atoms with Crippen LogP contribution in [0.2, 0.25) is 0 Å². The number of hydrogen-bond donors (Lipinski definition) is 4. The summed E-state index contributed by atoms with van der Waals surface area (Å²) in [5.74, 6) is -2.85. The van der Waals surface area contributed by atoms with Crippen molar-refractivity contribution in [1.82, 2.24) is 5.32 Å². The van der Waals surface area contributed by atoms with Crippen LogP contribution in [-0.2, 0) is 9.59 Å². The summed E-state index contributed by atoms with van der Waals surface area (Å²) >= 11 is 3.19. The van der Waals surface area contributed by atoms with Crippen LogP contribution in [0.15, 0.2) is 22.7 Å². The lowest BCUT2D eigenvalue weighted by Gasteiger charge is -2.13. The number of benzene rings is 1. The highest BCUT2D eigenvalue weighted by atomic mass is 79.9. The Balaban J connectivity index is 2.87. The Bertz CT molecular complexity index is 533. The second kappa shape index (κ2) is 6.19. The smallest absolute Gasteiger partial charge is 0.326 e. The summed E-state index contributed by atoms with van der Waals surface area (Å²) in [6, 6.07) is 3.17. The number of anilines is 1. The van der Waals surface area contributed by atoms with Crippen LogP contribution in [0.25, 0.3) is 0 Å². The first-order valence-electron chi connectivity index (χ1n) is 5.18. The Morgan fingerprint density at radius 3 is 2.47 bits per heavy atom. The molecule has 0 heterocycles. The summed E-state index contributed by atoms with van der Waals surface area (Å²) in [7, 11) is 0. The zero-order valence-electron chi connectivity index (χ0n) is 9.72. The van der Waals surface area contributed by atoms with Gasteiger partial charge in [-0.05, 0) is 18.2 Å². The van der Waals surface area contributed by atoms with Gasteiger partial charge < -0.3 is 21.9 Å². The first kappa shape index (κ1) is 15.0. The predicted molar refractivity (Wildman–Crippen MR) is 71.3 cm³/mol. The van der Waals surface area contributed by atoms with Crippen LogP contribution in [0.1, 0.15) is 16.8 Å². The average Bonchev–Trinajstić information content (AvgIpc) is 2.26. The molecular formula is C11H12BrN3O4. The van der Waals surface area contributed by atoms with Crippen molar-refractivity contribution in [2.75, 3.05) is 5.73 Å². The van der Waals surface area contributed by atoms with E-state index < -0.39 is 30.2 Å². The molecule has 0 saturated heterocycles. The molecule has 6 N–H and O–H groups in total. The van der Waals surface area contributed by atoms with Gasteiger partial charge in [-0.25, -0.2) is 4.79 Å². The van der Waals surface area contributed by atoms with Crippen LogP contribution >= 0.6 is 15.9 Å². The molecule has 1 rings (SSSR count). The number of nitrogens with two attached hydrogens (primary N) is 2. The Morgan fingerprint density at radius 2 is 2.00 bits per heavy atom. The normalized spacial score (nSPS) is 11.6. The Labute approximate surface area is 117 Å². The topological polar surface area (TPSA) is 136 Å². The molecule has 1 aromatic carbocycles. The van der Waals surface area contributed by atoms with E-state index >= 15 is 0 Å². The van der Waals surface area contributed by atoms with Crippen molar-refractivity contribution in [1.29, 1.82) is 0 Å². The van der Waals surface area contributed by atoms with E-state index in [1.807, 2.05) is 0 Å². The van der Waals surface area contributed by atoms with Crippen molar-refractivity contribution < 1.29 is 19.5 Å². The van der Waals surface area contributed by atoms with E-state index in [-0.39, 0.29) is 11.3 Å². The van der Waals surface area contributed by atoms with Gasteiger partial charge in [-0.15, -0.1) is 0 Å². The molecule has 0 radical (unpaired) electrons. The van der Waals surface area contributed by atoms with E-state index in [0.717, 1.165) is 0 Å². The maximum absolute atomic E-state index is 11.9. The lowest BCUT2D eigenvalue weighted by atomic mass is 10.1. The number of nitrogen functional groups attached to an aromatic ring is 1. The van der Waals surface area contributed by atoms with Crippen LogP contribution in [0.3, 0.4) is 0 Å². The summed E-state index contributed by atoms with van der Waals surface area (Å²) in [6.45, 7) is 0. The van der Waals surface area contributed by atoms with Gasteiger partial charge in [0.25, 0.3) is 5.91 Å². The minimum absolute atomic E-state index is 0.124. The fraction of sp³-hybridized carbons (Fsp3) is 0.182. The van der Waals surface area contributed by atoms with Crippen molar-refractivity contribution in [2.24, 2.45) is 5.73 Å². The maximum atomic E-state index is 11.9. The van der Waals surface area contributed by atoms with Gasteiger partial charge in [0.15, 0.2) is 0 Å². The molecule has 0 saturated carbocycles. The third-order valence-corrected chi connectivity index (χ3v) is 2.76. The number of carboxylic acid groups (broad SMARTS) is 1. The number of nitrogens with one attached hydrogen (secondary N) is 1. The van der Waals surface area contributed by atoms with E-state index in [9.17, 15) is 14.4 Å². The number of carbonyl (C=O) groups is 3. The Morgan fingerprint density at radius 1 is 1.37 bits per heavy atom. The fourth-order valence-electron chi connectivity index (χ4n) is 1.38. The lowest BCUT2D eigenvalue weighted by molar-refractivity contribution is -0.140. The van der Waals surface area contributed by atoms with Gasteiger partial charge in [0.05, 0.1) is 12.0 Å². The Hall–Kier alpha value is -2.09. The zero-order valence-corrected chi connectivity index (χ0v) is 11.3. The minimum atomic E-state index is -1.38. The van der Waals surface area contributed by atoms with Crippen LogP contribution < -0.4 is 16.8 Å². The quantitative estimate of drug-likeness (QED) is 0.567. The Kier molecular flexibility index (Phi) is 4.87. The highest BCUT2D eigenvalue weighted by Crippen LogP contribution is 2.18. The van der Waals surface area contributed by atoms with Gasteiger partial charge in [-0.2, -0.15) is 0 Å². The van der Waals surface area contributed by atoms with Crippen molar-refractivity contribution in [3.05, 3.63) is 28.2 Å². The molecule has 19 heavy (non-hydrogen) atoms.